The lowest BCUT2D eigenvalue weighted by Gasteiger charge is -2.27. The largest absolute Gasteiger partial charge is 0.370 e. The van der Waals surface area contributed by atoms with E-state index in [4.69, 9.17) is 5.73 Å². The Morgan fingerprint density at radius 3 is 2.59 bits per heavy atom. The lowest BCUT2D eigenvalue weighted by Crippen LogP contribution is -2.42. The first-order chi connectivity index (χ1) is 10.3. The van der Waals surface area contributed by atoms with Crippen molar-refractivity contribution >= 4 is 41.7 Å². The number of hydrogen-bond donors (Lipinski definition) is 1. The molecule has 0 saturated carbocycles. The Balaban J connectivity index is 0.00000176. The van der Waals surface area contributed by atoms with E-state index in [0.29, 0.717) is 12.5 Å². The highest BCUT2D eigenvalue weighted by Crippen LogP contribution is 2.11. The number of hydrogen-bond acceptors (Lipinski definition) is 3. The maximum atomic E-state index is 6.06. The Morgan fingerprint density at radius 1 is 1.23 bits per heavy atom. The molecule has 22 heavy (non-hydrogen) atoms. The molecule has 2 aromatic rings. The van der Waals surface area contributed by atoms with Crippen molar-refractivity contribution < 1.29 is 0 Å². The zero-order valence-corrected chi connectivity index (χ0v) is 15.4. The van der Waals surface area contributed by atoms with Crippen LogP contribution < -0.4 is 5.73 Å². The molecular weight excluding hydrogens is 409 g/mol. The van der Waals surface area contributed by atoms with Gasteiger partial charge in [-0.25, -0.2) is 9.67 Å². The standard InChI is InChI=1S/C15H19N5S.HI/c16-15(19-8-10-21-11-9-19)17-12-13-2-4-14(5-3-13)20-7-1-6-18-20;/h1-7H,8-12H2,(H2,16,17);1H. The van der Waals surface area contributed by atoms with Crippen LogP contribution in [-0.2, 0) is 6.54 Å². The van der Waals surface area contributed by atoms with Crippen molar-refractivity contribution in [3.8, 4) is 5.69 Å². The van der Waals surface area contributed by atoms with Crippen LogP contribution >= 0.6 is 35.7 Å². The summed E-state index contributed by atoms with van der Waals surface area (Å²) in [4.78, 5) is 6.66. The summed E-state index contributed by atoms with van der Waals surface area (Å²) in [6.07, 6.45) is 3.70. The molecule has 1 saturated heterocycles. The molecule has 1 aliphatic heterocycles. The molecule has 7 heteroatoms. The summed E-state index contributed by atoms with van der Waals surface area (Å²) in [6, 6.07) is 10.1. The first-order valence-corrected chi connectivity index (χ1v) is 8.20. The number of halogens is 1. The van der Waals surface area contributed by atoms with E-state index in [-0.39, 0.29) is 24.0 Å². The minimum Gasteiger partial charge on any atom is -0.370 e. The van der Waals surface area contributed by atoms with Gasteiger partial charge in [-0.3, -0.25) is 0 Å². The van der Waals surface area contributed by atoms with Gasteiger partial charge in [0.25, 0.3) is 0 Å². The quantitative estimate of drug-likeness (QED) is 0.463. The Kier molecular flexibility index (Phi) is 6.56. The molecule has 0 spiro atoms. The summed E-state index contributed by atoms with van der Waals surface area (Å²) in [6.45, 7) is 2.62. The van der Waals surface area contributed by atoms with Gasteiger partial charge in [-0.05, 0) is 23.8 Å². The third-order valence-corrected chi connectivity index (χ3v) is 4.41. The van der Waals surface area contributed by atoms with Crippen molar-refractivity contribution in [2.45, 2.75) is 6.54 Å². The highest BCUT2D eigenvalue weighted by atomic mass is 127. The zero-order valence-electron chi connectivity index (χ0n) is 12.3. The molecular formula is C15H20IN5S. The molecule has 1 aromatic heterocycles. The number of nitrogens with zero attached hydrogens (tertiary/aromatic N) is 4. The van der Waals surface area contributed by atoms with E-state index in [0.717, 1.165) is 35.8 Å². The van der Waals surface area contributed by atoms with Crippen LogP contribution in [0.1, 0.15) is 5.56 Å². The molecule has 0 aliphatic carbocycles. The van der Waals surface area contributed by atoms with Gasteiger partial charge in [-0.1, -0.05) is 12.1 Å². The van der Waals surface area contributed by atoms with Gasteiger partial charge in [0.05, 0.1) is 12.2 Å². The first kappa shape index (κ1) is 17.1. The average Bonchev–Trinajstić information content (AvgIpc) is 3.08. The summed E-state index contributed by atoms with van der Waals surface area (Å²) in [5.74, 6) is 2.93. The van der Waals surface area contributed by atoms with Crippen molar-refractivity contribution in [3.63, 3.8) is 0 Å². The van der Waals surface area contributed by atoms with E-state index in [2.05, 4.69) is 27.1 Å². The fourth-order valence-electron chi connectivity index (χ4n) is 2.24. The average molecular weight is 429 g/mol. The normalized spacial score (nSPS) is 15.5. The van der Waals surface area contributed by atoms with Gasteiger partial charge in [0.1, 0.15) is 0 Å². The molecule has 1 fully saturated rings. The van der Waals surface area contributed by atoms with Crippen LogP contribution in [0.25, 0.3) is 5.69 Å². The van der Waals surface area contributed by atoms with Crippen molar-refractivity contribution in [1.82, 2.24) is 14.7 Å². The summed E-state index contributed by atoms with van der Waals surface area (Å²) in [5.41, 5.74) is 8.26. The molecule has 118 valence electrons. The van der Waals surface area contributed by atoms with Crippen LogP contribution in [0.4, 0.5) is 0 Å². The van der Waals surface area contributed by atoms with Gasteiger partial charge in [0, 0.05) is 37.0 Å². The van der Waals surface area contributed by atoms with Crippen molar-refractivity contribution in [2.24, 2.45) is 10.7 Å². The van der Waals surface area contributed by atoms with Crippen LogP contribution in [0.15, 0.2) is 47.7 Å². The van der Waals surface area contributed by atoms with Crippen molar-refractivity contribution in [2.75, 3.05) is 24.6 Å². The SMILES string of the molecule is I.NC(=NCc1ccc(-n2cccn2)cc1)N1CCSCC1. The highest BCUT2D eigenvalue weighted by Gasteiger charge is 2.11. The second-order valence-corrected chi connectivity index (χ2v) is 6.12. The van der Waals surface area contributed by atoms with Gasteiger partial charge in [-0.2, -0.15) is 16.9 Å². The van der Waals surface area contributed by atoms with E-state index in [1.54, 1.807) is 6.20 Å². The Labute approximate surface area is 152 Å². The number of aliphatic imine (C=N–C) groups is 1. The van der Waals surface area contributed by atoms with E-state index in [1.165, 1.54) is 0 Å². The zero-order chi connectivity index (χ0) is 14.5. The van der Waals surface area contributed by atoms with Crippen LogP contribution in [0.2, 0.25) is 0 Å². The van der Waals surface area contributed by atoms with Gasteiger partial charge < -0.3 is 10.6 Å². The van der Waals surface area contributed by atoms with Crippen LogP contribution in [0.5, 0.6) is 0 Å². The minimum atomic E-state index is 0. The first-order valence-electron chi connectivity index (χ1n) is 7.04. The van der Waals surface area contributed by atoms with E-state index in [1.807, 2.05) is 40.8 Å². The molecule has 3 rings (SSSR count). The Morgan fingerprint density at radius 2 is 1.95 bits per heavy atom. The Bertz CT molecular complexity index is 591. The molecule has 1 aliphatic rings. The summed E-state index contributed by atoms with van der Waals surface area (Å²) < 4.78 is 1.84. The van der Waals surface area contributed by atoms with Crippen LogP contribution in [-0.4, -0.2) is 45.2 Å². The molecule has 0 atom stereocenters. The summed E-state index contributed by atoms with van der Waals surface area (Å²) >= 11 is 1.97. The fourth-order valence-corrected chi connectivity index (χ4v) is 3.14. The third kappa shape index (κ3) is 4.39. The third-order valence-electron chi connectivity index (χ3n) is 3.46. The van der Waals surface area contributed by atoms with Gasteiger partial charge in [0.2, 0.25) is 0 Å². The molecule has 2 N–H and O–H groups in total. The molecule has 1 aromatic carbocycles. The predicted octanol–water partition coefficient (Wildman–Crippen LogP) is 2.35. The second-order valence-electron chi connectivity index (χ2n) is 4.89. The number of thioether (sulfide) groups is 1. The highest BCUT2D eigenvalue weighted by molar-refractivity contribution is 14.0. The summed E-state index contributed by atoms with van der Waals surface area (Å²) in [7, 11) is 0. The molecule has 0 amide bonds. The maximum absolute atomic E-state index is 6.06. The number of aromatic nitrogens is 2. The lowest BCUT2D eigenvalue weighted by molar-refractivity contribution is 0.455. The smallest absolute Gasteiger partial charge is 0.191 e. The topological polar surface area (TPSA) is 59.4 Å². The summed E-state index contributed by atoms with van der Waals surface area (Å²) in [5, 5.41) is 4.21. The predicted molar refractivity (Wildman–Crippen MR) is 103 cm³/mol. The number of nitrogens with two attached hydrogens (primary N) is 1. The van der Waals surface area contributed by atoms with Crippen molar-refractivity contribution in [3.05, 3.63) is 48.3 Å². The molecule has 0 unspecified atom stereocenters. The lowest BCUT2D eigenvalue weighted by atomic mass is 10.2. The monoisotopic (exact) mass is 429 g/mol. The number of guanidine groups is 1. The fraction of sp³-hybridized carbons (Fsp3) is 0.333. The number of benzene rings is 1. The molecule has 0 bridgehead atoms. The molecule has 0 radical (unpaired) electrons. The van der Waals surface area contributed by atoms with Gasteiger partial charge in [0.15, 0.2) is 5.96 Å². The molecule has 5 nitrogen and oxygen atoms in total. The maximum Gasteiger partial charge on any atom is 0.191 e. The second kappa shape index (κ2) is 8.42. The van der Waals surface area contributed by atoms with Gasteiger partial charge >= 0.3 is 0 Å². The van der Waals surface area contributed by atoms with E-state index in [9.17, 15) is 0 Å². The van der Waals surface area contributed by atoms with E-state index < -0.39 is 0 Å². The van der Waals surface area contributed by atoms with E-state index >= 15 is 0 Å². The Hall–Kier alpha value is -1.22. The van der Waals surface area contributed by atoms with Gasteiger partial charge in [-0.15, -0.1) is 24.0 Å². The minimum absolute atomic E-state index is 0. The molecule has 2 heterocycles. The van der Waals surface area contributed by atoms with Crippen molar-refractivity contribution in [1.29, 1.82) is 0 Å². The van der Waals surface area contributed by atoms with Crippen LogP contribution in [0, 0.1) is 0 Å². The number of rotatable bonds is 3. The van der Waals surface area contributed by atoms with Crippen LogP contribution in [0.3, 0.4) is 0 Å².